The molecule has 26 heavy (non-hydrogen) atoms. The summed E-state index contributed by atoms with van der Waals surface area (Å²) in [6.45, 7) is 4.09. The zero-order valence-electron chi connectivity index (χ0n) is 14.5. The summed E-state index contributed by atoms with van der Waals surface area (Å²) in [6.07, 6.45) is 1.55. The number of nitrogens with zero attached hydrogens (tertiary/aromatic N) is 3. The number of aryl methyl sites for hydroxylation is 2. The molecule has 1 heterocycles. The Kier molecular flexibility index (Phi) is 5.38. The minimum absolute atomic E-state index is 0.134. The van der Waals surface area contributed by atoms with Crippen molar-refractivity contribution < 1.29 is 4.74 Å². The highest BCUT2D eigenvalue weighted by atomic mass is 32.1. The van der Waals surface area contributed by atoms with Gasteiger partial charge in [-0.25, -0.2) is 0 Å². The van der Waals surface area contributed by atoms with Crippen LogP contribution >= 0.6 is 12.2 Å². The number of hydrogen-bond acceptors (Lipinski definition) is 5. The lowest BCUT2D eigenvalue weighted by Gasteiger charge is -2.09. The van der Waals surface area contributed by atoms with Gasteiger partial charge in [0.15, 0.2) is 0 Å². The van der Waals surface area contributed by atoms with Gasteiger partial charge in [-0.3, -0.25) is 9.89 Å². The molecule has 0 saturated heterocycles. The molecule has 6 nitrogen and oxygen atoms in total. The van der Waals surface area contributed by atoms with Crippen molar-refractivity contribution in [2.45, 2.75) is 20.5 Å². The summed E-state index contributed by atoms with van der Waals surface area (Å²) in [7, 11) is 0. The van der Waals surface area contributed by atoms with Gasteiger partial charge in [0.05, 0.1) is 6.21 Å². The molecule has 1 N–H and O–H groups in total. The van der Waals surface area contributed by atoms with Crippen LogP contribution in [0.25, 0.3) is 0 Å². The summed E-state index contributed by atoms with van der Waals surface area (Å²) in [5.41, 5.74) is 2.96. The van der Waals surface area contributed by atoms with Crippen LogP contribution in [0, 0.1) is 18.6 Å². The van der Waals surface area contributed by atoms with Crippen molar-refractivity contribution in [3.05, 3.63) is 86.0 Å². The number of benzene rings is 2. The van der Waals surface area contributed by atoms with E-state index >= 15 is 0 Å². The van der Waals surface area contributed by atoms with Crippen LogP contribution in [0.1, 0.15) is 22.4 Å². The fourth-order valence-electron chi connectivity index (χ4n) is 2.26. The molecule has 0 unspecified atom stereocenters. The van der Waals surface area contributed by atoms with Crippen LogP contribution < -0.4 is 10.3 Å². The third-order valence-electron chi connectivity index (χ3n) is 3.76. The maximum atomic E-state index is 12.1. The molecule has 7 heteroatoms. The van der Waals surface area contributed by atoms with Crippen molar-refractivity contribution in [3.8, 4) is 5.75 Å². The van der Waals surface area contributed by atoms with E-state index in [1.165, 1.54) is 5.56 Å². The van der Waals surface area contributed by atoms with Gasteiger partial charge in [0.25, 0.3) is 5.56 Å². The highest BCUT2D eigenvalue weighted by Gasteiger charge is 2.04. The smallest absolute Gasteiger partial charge is 0.296 e. The van der Waals surface area contributed by atoms with E-state index in [1.54, 1.807) is 13.1 Å². The molecular formula is C19H18N4O2S. The predicted octanol–water partition coefficient (Wildman–Crippen LogP) is 3.38. The summed E-state index contributed by atoms with van der Waals surface area (Å²) in [4.78, 5) is 12.1. The van der Waals surface area contributed by atoms with Gasteiger partial charge in [0, 0.05) is 5.56 Å². The van der Waals surface area contributed by atoms with Gasteiger partial charge in [-0.15, -0.1) is 0 Å². The van der Waals surface area contributed by atoms with Crippen LogP contribution in [0.3, 0.4) is 0 Å². The van der Waals surface area contributed by atoms with E-state index in [0.29, 0.717) is 18.1 Å². The number of para-hydroxylation sites is 1. The molecule has 1 aromatic heterocycles. The summed E-state index contributed by atoms with van der Waals surface area (Å²) in [5, 5.41) is 10.6. The quantitative estimate of drug-likeness (QED) is 0.555. The number of ether oxygens (including phenoxy) is 1. The van der Waals surface area contributed by atoms with Crippen molar-refractivity contribution in [1.82, 2.24) is 14.9 Å². The van der Waals surface area contributed by atoms with Gasteiger partial charge in [-0.05, 0) is 43.8 Å². The summed E-state index contributed by atoms with van der Waals surface area (Å²) in [6, 6.07) is 15.6. The third kappa shape index (κ3) is 4.12. The fourth-order valence-corrected chi connectivity index (χ4v) is 2.44. The van der Waals surface area contributed by atoms with Crippen LogP contribution in [0.2, 0.25) is 0 Å². The van der Waals surface area contributed by atoms with Crippen molar-refractivity contribution in [2.75, 3.05) is 0 Å². The topological polar surface area (TPSA) is 72.3 Å². The van der Waals surface area contributed by atoms with Gasteiger partial charge in [0.2, 0.25) is 4.77 Å². The summed E-state index contributed by atoms with van der Waals surface area (Å²) < 4.78 is 7.15. The molecule has 0 atom stereocenters. The summed E-state index contributed by atoms with van der Waals surface area (Å²) >= 11 is 5.07. The van der Waals surface area contributed by atoms with E-state index in [2.05, 4.69) is 15.3 Å². The second-order valence-corrected chi connectivity index (χ2v) is 6.17. The lowest BCUT2D eigenvalue weighted by Crippen LogP contribution is -2.22. The minimum Gasteiger partial charge on any atom is -0.488 e. The molecule has 0 aliphatic heterocycles. The third-order valence-corrected chi connectivity index (χ3v) is 4.02. The Bertz CT molecular complexity index is 1050. The van der Waals surface area contributed by atoms with Crippen molar-refractivity contribution in [1.29, 1.82) is 0 Å². The Hall–Kier alpha value is -3.06. The Morgan fingerprint density at radius 2 is 1.92 bits per heavy atom. The van der Waals surface area contributed by atoms with Crippen LogP contribution in [0.15, 0.2) is 58.4 Å². The fraction of sp³-hybridized carbons (Fsp3) is 0.158. The molecular weight excluding hydrogens is 348 g/mol. The van der Waals surface area contributed by atoms with E-state index < -0.39 is 0 Å². The average Bonchev–Trinajstić information content (AvgIpc) is 2.65. The predicted molar refractivity (Wildman–Crippen MR) is 103 cm³/mol. The highest BCUT2D eigenvalue weighted by Crippen LogP contribution is 2.18. The van der Waals surface area contributed by atoms with Crippen LogP contribution in [0.5, 0.6) is 5.75 Å². The van der Waals surface area contributed by atoms with E-state index in [-0.39, 0.29) is 10.3 Å². The standard InChI is InChI=1S/C19H18N4O2S/c1-13-7-9-15(10-8-13)12-25-17-6-4-3-5-16(17)11-20-23-18(24)14(2)21-22-19(23)26/h3-11H,12H2,1-2H3,(H,22,26)/b20-11+. The van der Waals surface area contributed by atoms with Gasteiger partial charge < -0.3 is 4.74 Å². The highest BCUT2D eigenvalue weighted by molar-refractivity contribution is 7.71. The van der Waals surface area contributed by atoms with Gasteiger partial charge in [0.1, 0.15) is 18.1 Å². The largest absolute Gasteiger partial charge is 0.488 e. The molecule has 0 fully saturated rings. The number of hydrogen-bond donors (Lipinski definition) is 1. The maximum absolute atomic E-state index is 12.1. The molecule has 0 saturated carbocycles. The SMILES string of the molecule is Cc1ccc(COc2ccccc2/C=N/n2c(=S)[nH]nc(C)c2=O)cc1. The first-order valence-corrected chi connectivity index (χ1v) is 8.45. The Morgan fingerprint density at radius 3 is 2.69 bits per heavy atom. The second-order valence-electron chi connectivity index (χ2n) is 5.79. The van der Waals surface area contributed by atoms with E-state index in [4.69, 9.17) is 17.0 Å². The molecule has 0 spiro atoms. The van der Waals surface area contributed by atoms with Crippen molar-refractivity contribution in [2.24, 2.45) is 5.10 Å². The number of aromatic nitrogens is 3. The van der Waals surface area contributed by atoms with Crippen LogP contribution in [-0.2, 0) is 6.61 Å². The molecule has 3 rings (SSSR count). The van der Waals surface area contributed by atoms with E-state index in [1.807, 2.05) is 55.5 Å². The molecule has 3 aromatic rings. The van der Waals surface area contributed by atoms with Crippen LogP contribution in [0.4, 0.5) is 0 Å². The Labute approximate surface area is 155 Å². The maximum Gasteiger partial charge on any atom is 0.296 e. The number of rotatable bonds is 5. The monoisotopic (exact) mass is 366 g/mol. The molecule has 0 aliphatic carbocycles. The molecule has 0 amide bonds. The number of aromatic amines is 1. The Balaban J connectivity index is 1.83. The first-order valence-electron chi connectivity index (χ1n) is 8.04. The van der Waals surface area contributed by atoms with Gasteiger partial charge in [-0.1, -0.05) is 42.0 Å². The van der Waals surface area contributed by atoms with E-state index in [0.717, 1.165) is 15.8 Å². The average molecular weight is 366 g/mol. The molecule has 0 radical (unpaired) electrons. The normalized spacial score (nSPS) is 11.0. The summed E-state index contributed by atoms with van der Waals surface area (Å²) in [5.74, 6) is 0.672. The zero-order chi connectivity index (χ0) is 18.5. The second kappa shape index (κ2) is 7.88. The van der Waals surface area contributed by atoms with Crippen molar-refractivity contribution in [3.63, 3.8) is 0 Å². The van der Waals surface area contributed by atoms with E-state index in [9.17, 15) is 4.79 Å². The first kappa shape index (κ1) is 17.8. The number of H-pyrrole nitrogens is 1. The van der Waals surface area contributed by atoms with Gasteiger partial charge in [-0.2, -0.15) is 14.9 Å². The Morgan fingerprint density at radius 1 is 1.19 bits per heavy atom. The van der Waals surface area contributed by atoms with Gasteiger partial charge >= 0.3 is 0 Å². The zero-order valence-corrected chi connectivity index (χ0v) is 15.3. The molecule has 0 bridgehead atoms. The molecule has 132 valence electrons. The molecule has 0 aliphatic rings. The lowest BCUT2D eigenvalue weighted by atomic mass is 10.1. The van der Waals surface area contributed by atoms with Crippen molar-refractivity contribution >= 4 is 18.4 Å². The number of nitrogens with one attached hydrogen (secondary N) is 1. The van der Waals surface area contributed by atoms with Crippen LogP contribution in [-0.4, -0.2) is 21.1 Å². The molecule has 2 aromatic carbocycles. The minimum atomic E-state index is -0.358. The first-order chi connectivity index (χ1) is 12.5. The lowest BCUT2D eigenvalue weighted by molar-refractivity contribution is 0.306.